The summed E-state index contributed by atoms with van der Waals surface area (Å²) in [4.78, 5) is 11.9. The van der Waals surface area contributed by atoms with Gasteiger partial charge in [-0.25, -0.2) is 0 Å². The first kappa shape index (κ1) is 13.8. The number of hydrogen-bond acceptors (Lipinski definition) is 3. The fourth-order valence-electron chi connectivity index (χ4n) is 1.34. The molecular formula is C12H16BrNO3. The van der Waals surface area contributed by atoms with Crippen molar-refractivity contribution in [3.8, 4) is 11.5 Å². The van der Waals surface area contributed by atoms with Crippen LogP contribution in [0.15, 0.2) is 18.2 Å². The van der Waals surface area contributed by atoms with Gasteiger partial charge in [-0.1, -0.05) is 15.9 Å². The highest BCUT2D eigenvalue weighted by atomic mass is 79.9. The Morgan fingerprint density at radius 1 is 1.35 bits per heavy atom. The molecule has 0 aliphatic heterocycles. The van der Waals surface area contributed by atoms with Crippen LogP contribution in [0, 0.1) is 0 Å². The van der Waals surface area contributed by atoms with Gasteiger partial charge in [-0.05, 0) is 38.5 Å². The minimum atomic E-state index is -0.325. The Hall–Kier alpha value is -1.23. The van der Waals surface area contributed by atoms with Gasteiger partial charge in [0.05, 0.1) is 0 Å². The van der Waals surface area contributed by atoms with Crippen molar-refractivity contribution in [2.45, 2.75) is 25.8 Å². The maximum absolute atomic E-state index is 11.9. The number of phenolic OH excluding ortho intramolecular Hbond substituents is 2. The molecule has 1 amide bonds. The predicted molar refractivity (Wildman–Crippen MR) is 69.7 cm³/mol. The number of benzene rings is 1. The average molecular weight is 302 g/mol. The lowest BCUT2D eigenvalue weighted by molar-refractivity contribution is 0.0911. The maximum Gasteiger partial charge on any atom is 0.251 e. The second kappa shape index (κ2) is 5.40. The van der Waals surface area contributed by atoms with Gasteiger partial charge in [-0.3, -0.25) is 4.79 Å². The summed E-state index contributed by atoms with van der Waals surface area (Å²) in [5, 5.41) is 22.1. The van der Waals surface area contributed by atoms with Crippen molar-refractivity contribution in [2.75, 3.05) is 5.33 Å². The van der Waals surface area contributed by atoms with Crippen molar-refractivity contribution < 1.29 is 15.0 Å². The van der Waals surface area contributed by atoms with E-state index in [0.717, 1.165) is 11.8 Å². The molecule has 0 unspecified atom stereocenters. The van der Waals surface area contributed by atoms with E-state index < -0.39 is 0 Å². The lowest BCUT2D eigenvalue weighted by Gasteiger charge is -2.25. The molecule has 0 aliphatic rings. The second-order valence-corrected chi connectivity index (χ2v) is 5.27. The molecule has 1 aromatic carbocycles. The van der Waals surface area contributed by atoms with Crippen LogP contribution in [0.3, 0.4) is 0 Å². The number of alkyl halides is 1. The Morgan fingerprint density at radius 2 is 2.00 bits per heavy atom. The third-order valence-electron chi connectivity index (χ3n) is 2.41. The van der Waals surface area contributed by atoms with E-state index in [1.54, 1.807) is 0 Å². The fourth-order valence-corrected chi connectivity index (χ4v) is 2.33. The zero-order valence-corrected chi connectivity index (χ0v) is 11.4. The highest BCUT2D eigenvalue weighted by Gasteiger charge is 2.20. The standard InChI is InChI=1S/C12H16BrNO3/c1-12(2,5-6-13)14-11(17)8-3-4-9(15)10(16)7-8/h3-4,7,15-16H,5-6H2,1-2H3,(H,14,17). The molecule has 5 heteroatoms. The minimum Gasteiger partial charge on any atom is -0.504 e. The smallest absolute Gasteiger partial charge is 0.251 e. The molecule has 0 atom stereocenters. The minimum absolute atomic E-state index is 0.235. The van der Waals surface area contributed by atoms with Crippen LogP contribution in [0.4, 0.5) is 0 Å². The Labute approximate surface area is 109 Å². The first-order valence-corrected chi connectivity index (χ1v) is 6.38. The van der Waals surface area contributed by atoms with Crippen molar-refractivity contribution >= 4 is 21.8 Å². The van der Waals surface area contributed by atoms with Crippen LogP contribution < -0.4 is 5.32 Å². The number of rotatable bonds is 4. The highest BCUT2D eigenvalue weighted by molar-refractivity contribution is 9.09. The fraction of sp³-hybridized carbons (Fsp3) is 0.417. The molecule has 0 radical (unpaired) electrons. The van der Waals surface area contributed by atoms with Crippen LogP contribution in [0.1, 0.15) is 30.6 Å². The number of amides is 1. The summed E-state index contributed by atoms with van der Waals surface area (Å²) in [6, 6.07) is 4.01. The topological polar surface area (TPSA) is 69.6 Å². The quantitative estimate of drug-likeness (QED) is 0.591. The zero-order valence-electron chi connectivity index (χ0n) is 9.83. The first-order valence-electron chi connectivity index (χ1n) is 5.26. The molecule has 0 aromatic heterocycles. The van der Waals surface area contributed by atoms with Gasteiger partial charge in [-0.15, -0.1) is 0 Å². The Morgan fingerprint density at radius 3 is 2.53 bits per heavy atom. The van der Waals surface area contributed by atoms with Crippen molar-refractivity contribution in [2.24, 2.45) is 0 Å². The third kappa shape index (κ3) is 3.93. The van der Waals surface area contributed by atoms with Gasteiger partial charge in [0.25, 0.3) is 5.91 Å². The Kier molecular flexibility index (Phi) is 4.40. The molecule has 0 bridgehead atoms. The molecular weight excluding hydrogens is 286 g/mol. The van der Waals surface area contributed by atoms with Gasteiger partial charge in [0.2, 0.25) is 0 Å². The largest absolute Gasteiger partial charge is 0.504 e. The lowest BCUT2D eigenvalue weighted by atomic mass is 10.0. The Balaban J connectivity index is 2.80. The van der Waals surface area contributed by atoms with E-state index in [4.69, 9.17) is 5.11 Å². The van der Waals surface area contributed by atoms with E-state index in [9.17, 15) is 9.90 Å². The molecule has 4 nitrogen and oxygen atoms in total. The molecule has 0 saturated carbocycles. The monoisotopic (exact) mass is 301 g/mol. The van der Waals surface area contributed by atoms with E-state index in [-0.39, 0.29) is 22.9 Å². The van der Waals surface area contributed by atoms with Gasteiger partial charge in [-0.2, -0.15) is 0 Å². The maximum atomic E-state index is 11.9. The van der Waals surface area contributed by atoms with Crippen LogP contribution in [0.2, 0.25) is 0 Å². The molecule has 17 heavy (non-hydrogen) atoms. The molecule has 0 spiro atoms. The number of carbonyl (C=O) groups is 1. The van der Waals surface area contributed by atoms with Crippen molar-refractivity contribution in [1.29, 1.82) is 0 Å². The number of halogens is 1. The summed E-state index contributed by atoms with van der Waals surface area (Å²) < 4.78 is 0. The van der Waals surface area contributed by atoms with Crippen LogP contribution in [-0.4, -0.2) is 27.0 Å². The van der Waals surface area contributed by atoms with Gasteiger partial charge < -0.3 is 15.5 Å². The van der Waals surface area contributed by atoms with E-state index in [1.165, 1.54) is 18.2 Å². The molecule has 94 valence electrons. The second-order valence-electron chi connectivity index (χ2n) is 4.48. The molecule has 0 heterocycles. The van der Waals surface area contributed by atoms with E-state index in [1.807, 2.05) is 13.8 Å². The number of phenols is 2. The van der Waals surface area contributed by atoms with Crippen LogP contribution in [0.25, 0.3) is 0 Å². The number of aromatic hydroxyl groups is 2. The van der Waals surface area contributed by atoms with E-state index in [0.29, 0.717) is 5.56 Å². The molecule has 0 saturated heterocycles. The SMILES string of the molecule is CC(C)(CCBr)NC(=O)c1ccc(O)c(O)c1. The summed E-state index contributed by atoms with van der Waals surface area (Å²) in [5.41, 5.74) is -0.00314. The normalized spacial score (nSPS) is 11.2. The molecule has 1 aromatic rings. The summed E-state index contributed by atoms with van der Waals surface area (Å²) in [6.45, 7) is 3.85. The summed E-state index contributed by atoms with van der Waals surface area (Å²) >= 11 is 3.33. The summed E-state index contributed by atoms with van der Waals surface area (Å²) in [6.07, 6.45) is 0.794. The van der Waals surface area contributed by atoms with Gasteiger partial charge >= 0.3 is 0 Å². The predicted octanol–water partition coefficient (Wildman–Crippen LogP) is 2.39. The molecule has 3 N–H and O–H groups in total. The Bertz CT molecular complexity index is 418. The zero-order chi connectivity index (χ0) is 13.1. The number of carbonyl (C=O) groups excluding carboxylic acids is 1. The number of nitrogens with one attached hydrogen (secondary N) is 1. The van der Waals surface area contributed by atoms with Crippen LogP contribution >= 0.6 is 15.9 Å². The molecule has 0 fully saturated rings. The third-order valence-corrected chi connectivity index (χ3v) is 2.81. The van der Waals surface area contributed by atoms with E-state index >= 15 is 0 Å². The summed E-state index contributed by atoms with van der Waals surface area (Å²) in [5.74, 6) is -0.802. The van der Waals surface area contributed by atoms with E-state index in [2.05, 4.69) is 21.2 Å². The van der Waals surface area contributed by atoms with Crippen molar-refractivity contribution in [1.82, 2.24) is 5.32 Å². The van der Waals surface area contributed by atoms with Gasteiger partial charge in [0.1, 0.15) is 0 Å². The van der Waals surface area contributed by atoms with Crippen LogP contribution in [0.5, 0.6) is 11.5 Å². The lowest BCUT2D eigenvalue weighted by Crippen LogP contribution is -2.43. The van der Waals surface area contributed by atoms with Crippen molar-refractivity contribution in [3.05, 3.63) is 23.8 Å². The van der Waals surface area contributed by atoms with Crippen LogP contribution in [-0.2, 0) is 0 Å². The van der Waals surface area contributed by atoms with Crippen molar-refractivity contribution in [3.63, 3.8) is 0 Å². The average Bonchev–Trinajstić information content (AvgIpc) is 2.21. The van der Waals surface area contributed by atoms with Gasteiger partial charge in [0, 0.05) is 16.4 Å². The number of hydrogen-bond donors (Lipinski definition) is 3. The molecule has 1 rings (SSSR count). The first-order chi connectivity index (χ1) is 7.85. The summed E-state index contributed by atoms with van der Waals surface area (Å²) in [7, 11) is 0. The molecule has 0 aliphatic carbocycles. The highest BCUT2D eigenvalue weighted by Crippen LogP contribution is 2.25. The van der Waals surface area contributed by atoms with Gasteiger partial charge in [0.15, 0.2) is 11.5 Å².